The molecular weight excluding hydrogens is 247 g/mol. The van der Waals surface area contributed by atoms with Gasteiger partial charge in [-0.3, -0.25) is 0 Å². The van der Waals surface area contributed by atoms with Crippen LogP contribution in [0.5, 0.6) is 0 Å². The molecule has 1 aliphatic heterocycles. The predicted octanol–water partition coefficient (Wildman–Crippen LogP) is 1.56. The van der Waals surface area contributed by atoms with Crippen molar-refractivity contribution in [3.8, 4) is 0 Å². The van der Waals surface area contributed by atoms with Crippen LogP contribution in [0.1, 0.15) is 5.56 Å². The zero-order valence-electron chi connectivity index (χ0n) is 8.42. The first-order valence-electron chi connectivity index (χ1n) is 4.58. The van der Waals surface area contributed by atoms with Crippen LogP contribution in [0.3, 0.4) is 0 Å². The maximum atomic E-state index is 13.0. The van der Waals surface area contributed by atoms with E-state index in [0.717, 1.165) is 17.6 Å². The van der Waals surface area contributed by atoms with Crippen LogP contribution in [0.4, 0.5) is 4.39 Å². The van der Waals surface area contributed by atoms with E-state index in [-0.39, 0.29) is 11.1 Å². The molecule has 4 nitrogen and oxygen atoms in total. The fourth-order valence-electron chi connectivity index (χ4n) is 1.57. The second-order valence-corrected chi connectivity index (χ2v) is 5.18. The number of rotatable bonds is 2. The first-order valence-corrected chi connectivity index (χ1v) is 6.13. The van der Waals surface area contributed by atoms with E-state index in [0.29, 0.717) is 0 Å². The Morgan fingerprint density at radius 2 is 2.00 bits per heavy atom. The van der Waals surface area contributed by atoms with E-state index in [4.69, 9.17) is 5.11 Å². The van der Waals surface area contributed by atoms with Gasteiger partial charge in [-0.15, -0.1) is 0 Å². The fourth-order valence-corrected chi connectivity index (χ4v) is 2.76. The predicted molar refractivity (Wildman–Crippen MR) is 59.0 cm³/mol. The minimum Gasteiger partial charge on any atom is -0.477 e. The second-order valence-electron chi connectivity index (χ2n) is 3.41. The highest BCUT2D eigenvalue weighted by atomic mass is 32.2. The lowest BCUT2D eigenvalue weighted by Gasteiger charge is -2.02. The summed E-state index contributed by atoms with van der Waals surface area (Å²) in [5.41, 5.74) is 0.219. The van der Waals surface area contributed by atoms with Crippen LogP contribution in [0.25, 0.3) is 5.57 Å². The lowest BCUT2D eigenvalue weighted by molar-refractivity contribution is -0.131. The number of sulfone groups is 1. The number of allylic oxidation sites excluding steroid dienone is 2. The molecule has 1 N–H and O–H groups in total. The van der Waals surface area contributed by atoms with E-state index >= 15 is 0 Å². The summed E-state index contributed by atoms with van der Waals surface area (Å²) < 4.78 is 35.9. The molecule has 6 heteroatoms. The van der Waals surface area contributed by atoms with E-state index in [9.17, 15) is 17.6 Å². The van der Waals surface area contributed by atoms with E-state index in [1.807, 2.05) is 0 Å². The Morgan fingerprint density at radius 3 is 2.59 bits per heavy atom. The van der Waals surface area contributed by atoms with Gasteiger partial charge in [0.2, 0.25) is 9.84 Å². The summed E-state index contributed by atoms with van der Waals surface area (Å²) in [7, 11) is -3.92. The molecule has 1 aromatic rings. The first-order chi connectivity index (χ1) is 7.92. The van der Waals surface area contributed by atoms with E-state index < -0.39 is 26.5 Å². The van der Waals surface area contributed by atoms with E-state index in [2.05, 4.69) is 0 Å². The highest BCUT2D eigenvalue weighted by molar-refractivity contribution is 7.99. The van der Waals surface area contributed by atoms with Gasteiger partial charge in [0.1, 0.15) is 5.82 Å². The molecule has 0 unspecified atom stereocenters. The zero-order chi connectivity index (χ0) is 12.6. The van der Waals surface area contributed by atoms with Crippen LogP contribution in [0.15, 0.2) is 40.7 Å². The summed E-state index contributed by atoms with van der Waals surface area (Å²) in [6.07, 6.45) is 1.16. The van der Waals surface area contributed by atoms with E-state index in [1.165, 1.54) is 18.2 Å². The molecular formula is C11H7FO4S. The molecule has 88 valence electrons. The van der Waals surface area contributed by atoms with Crippen molar-refractivity contribution in [2.24, 2.45) is 0 Å². The van der Waals surface area contributed by atoms with Gasteiger partial charge in [-0.1, -0.05) is 12.1 Å². The van der Waals surface area contributed by atoms with Crippen molar-refractivity contribution in [3.63, 3.8) is 0 Å². The van der Waals surface area contributed by atoms with Gasteiger partial charge < -0.3 is 5.11 Å². The summed E-state index contributed by atoms with van der Waals surface area (Å²) in [6.45, 7) is 0. The third-order valence-electron chi connectivity index (χ3n) is 2.27. The highest BCUT2D eigenvalue weighted by Gasteiger charge is 2.31. The normalized spacial score (nSPS) is 17.5. The number of aliphatic carboxylic acids is 1. The van der Waals surface area contributed by atoms with Gasteiger partial charge in [0, 0.05) is 11.0 Å². The van der Waals surface area contributed by atoms with Crippen molar-refractivity contribution in [2.75, 3.05) is 0 Å². The Kier molecular flexibility index (Phi) is 2.59. The highest BCUT2D eigenvalue weighted by Crippen LogP contribution is 2.31. The fraction of sp³-hybridized carbons (Fsp3) is 0. The number of carboxylic acid groups (broad SMARTS) is 1. The number of carboxylic acids is 1. The third kappa shape index (κ3) is 1.99. The molecule has 0 radical (unpaired) electrons. The number of carbonyl (C=O) groups is 1. The Labute approximate surface area is 96.6 Å². The van der Waals surface area contributed by atoms with Crippen LogP contribution in [-0.4, -0.2) is 19.5 Å². The largest absolute Gasteiger partial charge is 0.477 e. The van der Waals surface area contributed by atoms with Crippen LogP contribution in [-0.2, 0) is 14.6 Å². The molecule has 0 atom stereocenters. The summed E-state index contributed by atoms with van der Waals surface area (Å²) in [6, 6.07) is 5.11. The smallest absolute Gasteiger partial charge is 0.348 e. The average molecular weight is 254 g/mol. The van der Waals surface area contributed by atoms with Crippen molar-refractivity contribution in [1.82, 2.24) is 0 Å². The standard InChI is InChI=1S/C11H7FO4S/c12-8-3-1-2-7(6-8)9-4-5-17(15,16)10(9)11(13)14/h1-6H,(H,13,14). The van der Waals surface area contributed by atoms with Crippen molar-refractivity contribution in [1.29, 1.82) is 0 Å². The lowest BCUT2D eigenvalue weighted by atomic mass is 10.1. The summed E-state index contributed by atoms with van der Waals surface area (Å²) in [5, 5.41) is 9.68. The van der Waals surface area contributed by atoms with Crippen LogP contribution in [0.2, 0.25) is 0 Å². The maximum absolute atomic E-state index is 13.0. The minimum absolute atomic E-state index is 0.00278. The molecule has 0 spiro atoms. The Bertz CT molecular complexity index is 656. The molecule has 1 aromatic carbocycles. The topological polar surface area (TPSA) is 71.4 Å². The molecule has 0 saturated carbocycles. The summed E-state index contributed by atoms with van der Waals surface area (Å²) >= 11 is 0. The molecule has 0 saturated heterocycles. The van der Waals surface area contributed by atoms with Gasteiger partial charge in [0.25, 0.3) is 0 Å². The SMILES string of the molecule is O=C(O)C1=C(c2cccc(F)c2)C=CS1(=O)=O. The van der Waals surface area contributed by atoms with Crippen molar-refractivity contribution in [2.45, 2.75) is 0 Å². The van der Waals surface area contributed by atoms with Gasteiger partial charge in [-0.25, -0.2) is 17.6 Å². The van der Waals surface area contributed by atoms with Gasteiger partial charge in [-0.2, -0.15) is 0 Å². The molecule has 0 fully saturated rings. The Hall–Kier alpha value is -1.95. The third-order valence-corrected chi connectivity index (χ3v) is 3.73. The van der Waals surface area contributed by atoms with Gasteiger partial charge in [-0.05, 0) is 23.8 Å². The number of hydrogen-bond donors (Lipinski definition) is 1. The molecule has 2 rings (SSSR count). The van der Waals surface area contributed by atoms with E-state index in [1.54, 1.807) is 0 Å². The zero-order valence-corrected chi connectivity index (χ0v) is 9.24. The molecule has 0 aliphatic carbocycles. The van der Waals surface area contributed by atoms with Gasteiger partial charge in [0.05, 0.1) is 0 Å². The van der Waals surface area contributed by atoms with Crippen molar-refractivity contribution < 1.29 is 22.7 Å². The maximum Gasteiger partial charge on any atom is 0.348 e. The number of halogens is 1. The molecule has 17 heavy (non-hydrogen) atoms. The Morgan fingerprint density at radius 1 is 1.29 bits per heavy atom. The molecule has 1 aliphatic rings. The first kappa shape index (κ1) is 11.5. The minimum atomic E-state index is -3.92. The quantitative estimate of drug-likeness (QED) is 0.869. The molecule has 0 aromatic heterocycles. The average Bonchev–Trinajstić information content (AvgIpc) is 2.54. The molecule has 0 bridgehead atoms. The lowest BCUT2D eigenvalue weighted by Crippen LogP contribution is -2.09. The van der Waals surface area contributed by atoms with Crippen LogP contribution in [0, 0.1) is 5.82 Å². The van der Waals surface area contributed by atoms with Crippen molar-refractivity contribution >= 4 is 21.4 Å². The number of benzene rings is 1. The van der Waals surface area contributed by atoms with Gasteiger partial charge >= 0.3 is 5.97 Å². The van der Waals surface area contributed by atoms with Crippen molar-refractivity contribution in [3.05, 3.63) is 52.0 Å². The summed E-state index contributed by atoms with van der Waals surface area (Å²) in [5.74, 6) is -2.10. The van der Waals surface area contributed by atoms with Gasteiger partial charge in [0.15, 0.2) is 4.91 Å². The molecule has 1 heterocycles. The van der Waals surface area contributed by atoms with Crippen LogP contribution < -0.4 is 0 Å². The molecule has 0 amide bonds. The van der Waals surface area contributed by atoms with Crippen LogP contribution >= 0.6 is 0 Å². The monoisotopic (exact) mass is 254 g/mol. The second kappa shape index (κ2) is 3.81. The summed E-state index contributed by atoms with van der Waals surface area (Å²) in [4.78, 5) is 10.2. The number of hydrogen-bond acceptors (Lipinski definition) is 3. The Balaban J connectivity index is 2.69.